The molecule has 0 aliphatic heterocycles. The van der Waals surface area contributed by atoms with Crippen molar-refractivity contribution in [3.05, 3.63) is 42.5 Å². The summed E-state index contributed by atoms with van der Waals surface area (Å²) in [4.78, 5) is 11.9. The van der Waals surface area contributed by atoms with Gasteiger partial charge in [-0.15, -0.1) is 0 Å². The second-order valence-corrected chi connectivity index (χ2v) is 4.81. The molecule has 0 spiro atoms. The van der Waals surface area contributed by atoms with E-state index in [0.29, 0.717) is 0 Å². The number of carbonyl (C=O) groups is 1. The predicted molar refractivity (Wildman–Crippen MR) is 80.5 cm³/mol. The Morgan fingerprint density at radius 2 is 1.89 bits per heavy atom. The van der Waals surface area contributed by atoms with E-state index in [0.717, 1.165) is 29.3 Å². The van der Waals surface area contributed by atoms with Gasteiger partial charge in [-0.05, 0) is 24.8 Å². The Labute approximate surface area is 114 Å². The summed E-state index contributed by atoms with van der Waals surface area (Å²) in [6.45, 7) is 4.13. The van der Waals surface area contributed by atoms with Crippen molar-refractivity contribution in [3.63, 3.8) is 0 Å². The van der Waals surface area contributed by atoms with Crippen molar-refractivity contribution in [1.82, 2.24) is 5.32 Å². The third kappa shape index (κ3) is 3.47. The van der Waals surface area contributed by atoms with Crippen LogP contribution in [0.4, 0.5) is 10.5 Å². The number of fused-ring (bicyclic) bond motifs is 1. The minimum absolute atomic E-state index is 0.141. The lowest BCUT2D eigenvalue weighted by Crippen LogP contribution is -2.35. The fraction of sp³-hybridized carbons (Fsp3) is 0.312. The Morgan fingerprint density at radius 3 is 2.68 bits per heavy atom. The standard InChI is InChI=1S/C16H20N2O/c1-3-7-12(2)17-16(19)18-15-11-6-9-13-8-4-5-10-14(13)15/h4-6,8-12H,3,7H2,1-2H3,(H2,17,18,19). The maximum absolute atomic E-state index is 11.9. The molecule has 1 atom stereocenters. The summed E-state index contributed by atoms with van der Waals surface area (Å²) in [6, 6.07) is 14.0. The molecule has 3 nitrogen and oxygen atoms in total. The Kier molecular flexibility index (Phi) is 4.39. The van der Waals surface area contributed by atoms with Crippen molar-refractivity contribution in [2.75, 3.05) is 5.32 Å². The zero-order chi connectivity index (χ0) is 13.7. The van der Waals surface area contributed by atoms with Crippen LogP contribution in [0.1, 0.15) is 26.7 Å². The Morgan fingerprint density at radius 1 is 1.16 bits per heavy atom. The number of hydrogen-bond acceptors (Lipinski definition) is 1. The molecule has 3 heteroatoms. The van der Waals surface area contributed by atoms with E-state index < -0.39 is 0 Å². The lowest BCUT2D eigenvalue weighted by molar-refractivity contribution is 0.248. The van der Waals surface area contributed by atoms with Gasteiger partial charge < -0.3 is 10.6 Å². The molecule has 0 saturated carbocycles. The van der Waals surface area contributed by atoms with Gasteiger partial charge in [-0.2, -0.15) is 0 Å². The molecule has 2 aromatic carbocycles. The molecule has 1 unspecified atom stereocenters. The van der Waals surface area contributed by atoms with Crippen LogP contribution in [0, 0.1) is 0 Å². The lowest BCUT2D eigenvalue weighted by atomic mass is 10.1. The van der Waals surface area contributed by atoms with Crippen molar-refractivity contribution >= 4 is 22.5 Å². The fourth-order valence-corrected chi connectivity index (χ4v) is 2.22. The number of nitrogens with one attached hydrogen (secondary N) is 2. The van der Waals surface area contributed by atoms with E-state index >= 15 is 0 Å². The van der Waals surface area contributed by atoms with Gasteiger partial charge in [0.1, 0.15) is 0 Å². The molecule has 0 aliphatic rings. The van der Waals surface area contributed by atoms with Crippen molar-refractivity contribution in [2.24, 2.45) is 0 Å². The van der Waals surface area contributed by atoms with Crippen LogP contribution in [0.2, 0.25) is 0 Å². The van der Waals surface area contributed by atoms with Gasteiger partial charge in [-0.1, -0.05) is 49.7 Å². The highest BCUT2D eigenvalue weighted by atomic mass is 16.2. The average molecular weight is 256 g/mol. The van der Waals surface area contributed by atoms with E-state index in [9.17, 15) is 4.79 Å². The molecular weight excluding hydrogens is 236 g/mol. The van der Waals surface area contributed by atoms with Crippen LogP contribution < -0.4 is 10.6 Å². The molecule has 19 heavy (non-hydrogen) atoms. The summed E-state index contributed by atoms with van der Waals surface area (Å²) in [5.74, 6) is 0. The van der Waals surface area contributed by atoms with E-state index in [-0.39, 0.29) is 12.1 Å². The number of benzene rings is 2. The monoisotopic (exact) mass is 256 g/mol. The van der Waals surface area contributed by atoms with Gasteiger partial charge in [0.25, 0.3) is 0 Å². The van der Waals surface area contributed by atoms with Gasteiger partial charge in [0, 0.05) is 11.4 Å². The second kappa shape index (κ2) is 6.23. The molecule has 2 rings (SSSR count). The molecule has 0 radical (unpaired) electrons. The molecular formula is C16H20N2O. The Balaban J connectivity index is 2.11. The largest absolute Gasteiger partial charge is 0.335 e. The van der Waals surface area contributed by atoms with Crippen LogP contribution >= 0.6 is 0 Å². The normalized spacial score (nSPS) is 12.1. The third-order valence-electron chi connectivity index (χ3n) is 3.14. The Hall–Kier alpha value is -2.03. The van der Waals surface area contributed by atoms with Gasteiger partial charge >= 0.3 is 6.03 Å². The van der Waals surface area contributed by atoms with Crippen LogP contribution in [-0.2, 0) is 0 Å². The quantitative estimate of drug-likeness (QED) is 0.847. The van der Waals surface area contributed by atoms with E-state index in [1.54, 1.807) is 0 Å². The molecule has 100 valence electrons. The number of anilines is 1. The maximum Gasteiger partial charge on any atom is 0.319 e. The van der Waals surface area contributed by atoms with Gasteiger partial charge in [-0.3, -0.25) is 0 Å². The summed E-state index contributed by atoms with van der Waals surface area (Å²) in [5.41, 5.74) is 0.847. The minimum Gasteiger partial charge on any atom is -0.335 e. The molecule has 2 aromatic rings. The Bertz CT molecular complexity index is 560. The van der Waals surface area contributed by atoms with E-state index in [2.05, 4.69) is 17.6 Å². The summed E-state index contributed by atoms with van der Waals surface area (Å²) >= 11 is 0. The summed E-state index contributed by atoms with van der Waals surface area (Å²) in [7, 11) is 0. The van der Waals surface area contributed by atoms with Crippen LogP contribution in [-0.4, -0.2) is 12.1 Å². The molecule has 2 amide bonds. The average Bonchev–Trinajstić information content (AvgIpc) is 2.39. The molecule has 0 saturated heterocycles. The van der Waals surface area contributed by atoms with Gasteiger partial charge in [0.05, 0.1) is 5.69 Å². The van der Waals surface area contributed by atoms with Gasteiger partial charge in [0.2, 0.25) is 0 Å². The summed E-state index contributed by atoms with van der Waals surface area (Å²) in [6.07, 6.45) is 2.05. The van der Waals surface area contributed by atoms with Crippen molar-refractivity contribution in [2.45, 2.75) is 32.7 Å². The number of urea groups is 1. The van der Waals surface area contributed by atoms with Crippen molar-refractivity contribution < 1.29 is 4.79 Å². The third-order valence-corrected chi connectivity index (χ3v) is 3.14. The topological polar surface area (TPSA) is 41.1 Å². The first-order valence-electron chi connectivity index (χ1n) is 6.76. The number of hydrogen-bond donors (Lipinski definition) is 2. The molecule has 0 fully saturated rings. The first kappa shape index (κ1) is 13.4. The molecule has 0 bridgehead atoms. The van der Waals surface area contributed by atoms with E-state index in [4.69, 9.17) is 0 Å². The SMILES string of the molecule is CCCC(C)NC(=O)Nc1cccc2ccccc12. The summed E-state index contributed by atoms with van der Waals surface area (Å²) in [5, 5.41) is 8.05. The predicted octanol–water partition coefficient (Wildman–Crippen LogP) is 4.15. The van der Waals surface area contributed by atoms with Gasteiger partial charge in [0.15, 0.2) is 0 Å². The maximum atomic E-state index is 11.9. The van der Waals surface area contributed by atoms with Crippen molar-refractivity contribution in [1.29, 1.82) is 0 Å². The second-order valence-electron chi connectivity index (χ2n) is 4.81. The molecule has 0 aliphatic carbocycles. The lowest BCUT2D eigenvalue weighted by Gasteiger charge is -2.14. The fourth-order valence-electron chi connectivity index (χ4n) is 2.22. The summed E-state index contributed by atoms with van der Waals surface area (Å²) < 4.78 is 0. The van der Waals surface area contributed by atoms with Gasteiger partial charge in [-0.25, -0.2) is 4.79 Å². The smallest absolute Gasteiger partial charge is 0.319 e. The number of amides is 2. The number of rotatable bonds is 4. The molecule has 0 aromatic heterocycles. The number of carbonyl (C=O) groups excluding carboxylic acids is 1. The zero-order valence-corrected chi connectivity index (χ0v) is 11.4. The van der Waals surface area contributed by atoms with E-state index in [1.807, 2.05) is 49.4 Å². The van der Waals surface area contributed by atoms with E-state index in [1.165, 1.54) is 0 Å². The molecule has 2 N–H and O–H groups in total. The first-order valence-corrected chi connectivity index (χ1v) is 6.76. The van der Waals surface area contributed by atoms with Crippen LogP contribution in [0.3, 0.4) is 0 Å². The highest BCUT2D eigenvalue weighted by Crippen LogP contribution is 2.22. The first-order chi connectivity index (χ1) is 9.20. The van der Waals surface area contributed by atoms with Crippen LogP contribution in [0.5, 0.6) is 0 Å². The van der Waals surface area contributed by atoms with Crippen LogP contribution in [0.25, 0.3) is 10.8 Å². The molecule has 0 heterocycles. The minimum atomic E-state index is -0.141. The highest BCUT2D eigenvalue weighted by Gasteiger charge is 2.08. The van der Waals surface area contributed by atoms with Crippen molar-refractivity contribution in [3.8, 4) is 0 Å². The highest BCUT2D eigenvalue weighted by molar-refractivity contribution is 6.01. The van der Waals surface area contributed by atoms with Crippen LogP contribution in [0.15, 0.2) is 42.5 Å². The zero-order valence-electron chi connectivity index (χ0n) is 11.4.